The topological polar surface area (TPSA) is 101 Å². The van der Waals surface area contributed by atoms with Crippen LogP contribution in [0.5, 0.6) is 0 Å². The molecule has 0 aliphatic carbocycles. The van der Waals surface area contributed by atoms with Gasteiger partial charge in [0.1, 0.15) is 5.82 Å². The minimum absolute atomic E-state index is 0.261. The van der Waals surface area contributed by atoms with Gasteiger partial charge in [-0.05, 0) is 25.5 Å². The number of aryl methyl sites for hydroxylation is 1. The summed E-state index contributed by atoms with van der Waals surface area (Å²) in [7, 11) is 0. The number of amides is 1. The molecule has 1 amide bonds. The van der Waals surface area contributed by atoms with Gasteiger partial charge in [0.2, 0.25) is 0 Å². The Morgan fingerprint density at radius 3 is 2.70 bits per heavy atom. The third-order valence-corrected chi connectivity index (χ3v) is 3.05. The molecule has 4 N–H and O–H groups in total. The molecule has 0 fully saturated rings. The number of nitrogen functional groups attached to an aromatic ring is 1. The summed E-state index contributed by atoms with van der Waals surface area (Å²) >= 11 is 0. The van der Waals surface area contributed by atoms with Gasteiger partial charge < -0.3 is 16.2 Å². The van der Waals surface area contributed by atoms with E-state index in [1.54, 1.807) is 13.0 Å². The van der Waals surface area contributed by atoms with E-state index in [0.717, 1.165) is 11.1 Å². The van der Waals surface area contributed by atoms with Crippen LogP contribution in [0.1, 0.15) is 24.1 Å². The Hall–Kier alpha value is -2.63. The van der Waals surface area contributed by atoms with Crippen molar-refractivity contribution in [3.05, 3.63) is 41.5 Å². The number of carboxylic acid groups (broad SMARTS) is 1. The Kier molecular flexibility index (Phi) is 3.84. The maximum Gasteiger partial charge on any atom is 0.405 e. The second-order valence-electron chi connectivity index (χ2n) is 4.56. The minimum Gasteiger partial charge on any atom is -0.465 e. The molecule has 1 atom stereocenters. The number of hydrogen-bond acceptors (Lipinski definition) is 4. The third kappa shape index (κ3) is 2.85. The molecule has 0 bridgehead atoms. The number of benzene rings is 1. The monoisotopic (exact) mass is 272 g/mol. The first-order valence-electron chi connectivity index (χ1n) is 6.17. The molecule has 0 aliphatic rings. The smallest absolute Gasteiger partial charge is 0.405 e. The first-order valence-corrected chi connectivity index (χ1v) is 6.17. The van der Waals surface area contributed by atoms with Gasteiger partial charge in [-0.15, -0.1) is 10.2 Å². The Balaban J connectivity index is 2.54. The number of aromatic nitrogens is 2. The summed E-state index contributed by atoms with van der Waals surface area (Å²) in [6.07, 6.45) is -1.09. The summed E-state index contributed by atoms with van der Waals surface area (Å²) in [5.41, 5.74) is 8.95. The van der Waals surface area contributed by atoms with Crippen molar-refractivity contribution >= 4 is 11.9 Å². The molecule has 6 nitrogen and oxygen atoms in total. The molecule has 2 rings (SSSR count). The van der Waals surface area contributed by atoms with Gasteiger partial charge in [-0.1, -0.05) is 24.3 Å². The first-order chi connectivity index (χ1) is 9.49. The van der Waals surface area contributed by atoms with Gasteiger partial charge >= 0.3 is 6.09 Å². The molecular formula is C14H16N4O2. The van der Waals surface area contributed by atoms with Crippen LogP contribution in [0.4, 0.5) is 10.6 Å². The predicted octanol–water partition coefficient (Wildman–Crippen LogP) is 2.36. The molecule has 0 spiro atoms. The lowest BCUT2D eigenvalue weighted by molar-refractivity contribution is 0.191. The van der Waals surface area contributed by atoms with Crippen LogP contribution in [0.15, 0.2) is 30.3 Å². The minimum atomic E-state index is -1.09. The van der Waals surface area contributed by atoms with Crippen molar-refractivity contribution in [2.45, 2.75) is 19.9 Å². The van der Waals surface area contributed by atoms with Crippen molar-refractivity contribution in [1.29, 1.82) is 0 Å². The van der Waals surface area contributed by atoms with Crippen LogP contribution < -0.4 is 11.1 Å². The average molecular weight is 272 g/mol. The highest BCUT2D eigenvalue weighted by Gasteiger charge is 2.17. The van der Waals surface area contributed by atoms with Gasteiger partial charge in [0, 0.05) is 11.1 Å². The average Bonchev–Trinajstić information content (AvgIpc) is 2.39. The molecular weight excluding hydrogens is 256 g/mol. The summed E-state index contributed by atoms with van der Waals surface area (Å²) in [5, 5.41) is 19.3. The normalized spacial score (nSPS) is 11.9. The van der Waals surface area contributed by atoms with E-state index in [-0.39, 0.29) is 5.82 Å². The lowest BCUT2D eigenvalue weighted by Crippen LogP contribution is -2.25. The largest absolute Gasteiger partial charge is 0.465 e. The molecule has 104 valence electrons. The zero-order chi connectivity index (χ0) is 14.7. The summed E-state index contributed by atoms with van der Waals surface area (Å²) < 4.78 is 0. The van der Waals surface area contributed by atoms with E-state index >= 15 is 0 Å². The number of hydrogen-bond donors (Lipinski definition) is 3. The number of nitrogens with zero attached hydrogens (tertiary/aromatic N) is 2. The summed E-state index contributed by atoms with van der Waals surface area (Å²) in [6, 6.07) is 8.94. The molecule has 1 aromatic heterocycles. The van der Waals surface area contributed by atoms with E-state index in [4.69, 9.17) is 10.8 Å². The summed E-state index contributed by atoms with van der Waals surface area (Å²) in [6.45, 7) is 3.71. The second kappa shape index (κ2) is 5.56. The van der Waals surface area contributed by atoms with E-state index in [0.29, 0.717) is 11.3 Å². The van der Waals surface area contributed by atoms with Crippen molar-refractivity contribution in [2.24, 2.45) is 0 Å². The zero-order valence-electron chi connectivity index (χ0n) is 11.3. The molecule has 2 aromatic rings. The van der Waals surface area contributed by atoms with Crippen LogP contribution in [-0.2, 0) is 0 Å². The molecule has 0 aliphatic heterocycles. The summed E-state index contributed by atoms with van der Waals surface area (Å²) in [5.74, 6) is 0.261. The van der Waals surface area contributed by atoms with Crippen molar-refractivity contribution in [1.82, 2.24) is 15.5 Å². The predicted molar refractivity (Wildman–Crippen MR) is 76.2 cm³/mol. The van der Waals surface area contributed by atoms with E-state index < -0.39 is 12.1 Å². The molecule has 1 unspecified atom stereocenters. The molecule has 1 aromatic carbocycles. The maximum atomic E-state index is 10.8. The van der Waals surface area contributed by atoms with Crippen LogP contribution >= 0.6 is 0 Å². The molecule has 0 saturated heterocycles. The number of rotatable bonds is 3. The Bertz CT molecular complexity index is 643. The first kappa shape index (κ1) is 13.8. The maximum absolute atomic E-state index is 10.8. The molecule has 1 heterocycles. The van der Waals surface area contributed by atoms with Gasteiger partial charge in [-0.3, -0.25) is 0 Å². The van der Waals surface area contributed by atoms with Gasteiger partial charge in [-0.25, -0.2) is 4.79 Å². The molecule has 0 radical (unpaired) electrons. The SMILES string of the molecule is Cc1ccccc1-c1nnc(N)cc1C(C)NC(=O)O. The number of nitrogens with one attached hydrogen (secondary N) is 1. The zero-order valence-corrected chi connectivity index (χ0v) is 11.3. The van der Waals surface area contributed by atoms with E-state index in [9.17, 15) is 4.79 Å². The fourth-order valence-corrected chi connectivity index (χ4v) is 2.06. The summed E-state index contributed by atoms with van der Waals surface area (Å²) in [4.78, 5) is 10.8. The number of carbonyl (C=O) groups is 1. The Morgan fingerprint density at radius 2 is 2.05 bits per heavy atom. The van der Waals surface area contributed by atoms with Gasteiger partial charge in [-0.2, -0.15) is 0 Å². The Labute approximate surface area is 116 Å². The quantitative estimate of drug-likeness (QED) is 0.796. The van der Waals surface area contributed by atoms with Crippen molar-refractivity contribution in [3.8, 4) is 11.3 Å². The van der Waals surface area contributed by atoms with E-state index in [2.05, 4.69) is 15.5 Å². The number of anilines is 1. The third-order valence-electron chi connectivity index (χ3n) is 3.05. The van der Waals surface area contributed by atoms with E-state index in [1.807, 2.05) is 31.2 Å². The Morgan fingerprint density at radius 1 is 1.35 bits per heavy atom. The fourth-order valence-electron chi connectivity index (χ4n) is 2.06. The highest BCUT2D eigenvalue weighted by molar-refractivity contribution is 5.70. The molecule has 6 heteroatoms. The van der Waals surface area contributed by atoms with Crippen molar-refractivity contribution in [2.75, 3.05) is 5.73 Å². The van der Waals surface area contributed by atoms with Crippen molar-refractivity contribution in [3.63, 3.8) is 0 Å². The number of nitrogens with two attached hydrogens (primary N) is 1. The van der Waals surface area contributed by atoms with Crippen LogP contribution in [0.25, 0.3) is 11.3 Å². The van der Waals surface area contributed by atoms with Crippen LogP contribution in [0.2, 0.25) is 0 Å². The fraction of sp³-hybridized carbons (Fsp3) is 0.214. The van der Waals surface area contributed by atoms with Crippen molar-refractivity contribution < 1.29 is 9.90 Å². The molecule has 0 saturated carbocycles. The standard InChI is InChI=1S/C14H16N4O2/c1-8-5-3-4-6-10(8)13-11(7-12(15)17-18-13)9(2)16-14(19)20/h3-7,9,16H,1-2H3,(H2,15,17)(H,19,20). The lowest BCUT2D eigenvalue weighted by Gasteiger charge is -2.16. The highest BCUT2D eigenvalue weighted by atomic mass is 16.4. The van der Waals surface area contributed by atoms with Crippen LogP contribution in [0, 0.1) is 6.92 Å². The van der Waals surface area contributed by atoms with Crippen LogP contribution in [0.3, 0.4) is 0 Å². The van der Waals surface area contributed by atoms with Gasteiger partial charge in [0.15, 0.2) is 0 Å². The van der Waals surface area contributed by atoms with E-state index in [1.165, 1.54) is 0 Å². The van der Waals surface area contributed by atoms with Crippen LogP contribution in [-0.4, -0.2) is 21.4 Å². The highest BCUT2D eigenvalue weighted by Crippen LogP contribution is 2.29. The van der Waals surface area contributed by atoms with Gasteiger partial charge in [0.25, 0.3) is 0 Å². The molecule has 20 heavy (non-hydrogen) atoms. The lowest BCUT2D eigenvalue weighted by atomic mass is 9.98. The second-order valence-corrected chi connectivity index (χ2v) is 4.56. The van der Waals surface area contributed by atoms with Gasteiger partial charge in [0.05, 0.1) is 11.7 Å².